The molecule has 0 atom stereocenters. The lowest BCUT2D eigenvalue weighted by atomic mass is 10.1. The third-order valence-electron chi connectivity index (χ3n) is 3.98. The summed E-state index contributed by atoms with van der Waals surface area (Å²) in [4.78, 5) is 20.5. The van der Waals surface area contributed by atoms with Crippen LogP contribution in [0.15, 0.2) is 54.6 Å². The van der Waals surface area contributed by atoms with Gasteiger partial charge in [-0.2, -0.15) is 4.98 Å². The molecule has 0 saturated heterocycles. The Balaban J connectivity index is 1.67. The van der Waals surface area contributed by atoms with Crippen molar-refractivity contribution in [3.63, 3.8) is 0 Å². The van der Waals surface area contributed by atoms with Gasteiger partial charge in [0.2, 0.25) is 5.95 Å². The van der Waals surface area contributed by atoms with Gasteiger partial charge in [0.25, 0.3) is 0 Å². The van der Waals surface area contributed by atoms with Crippen LogP contribution < -0.4 is 10.6 Å². The molecule has 0 amide bonds. The Morgan fingerprint density at radius 2 is 1.89 bits per heavy atom. The summed E-state index contributed by atoms with van der Waals surface area (Å²) in [7, 11) is 0. The predicted molar refractivity (Wildman–Crippen MR) is 110 cm³/mol. The fourth-order valence-electron chi connectivity index (χ4n) is 2.69. The average Bonchev–Trinajstić information content (AvgIpc) is 2.61. The monoisotopic (exact) mass is 380 g/mol. The second-order valence-electron chi connectivity index (χ2n) is 6.29. The molecule has 0 fully saturated rings. The Kier molecular flexibility index (Phi) is 6.04. The summed E-state index contributed by atoms with van der Waals surface area (Å²) in [6, 6.07) is 17.0. The molecule has 1 aromatic heterocycles. The number of anilines is 3. The highest BCUT2D eigenvalue weighted by molar-refractivity contribution is 6.30. The Morgan fingerprint density at radius 1 is 1.07 bits per heavy atom. The largest absolute Gasteiger partial charge is 0.354 e. The molecule has 0 bridgehead atoms. The van der Waals surface area contributed by atoms with Crippen LogP contribution in [0, 0.1) is 6.92 Å². The lowest BCUT2D eigenvalue weighted by Gasteiger charge is -2.11. The van der Waals surface area contributed by atoms with Crippen molar-refractivity contribution in [1.82, 2.24) is 9.97 Å². The van der Waals surface area contributed by atoms with Crippen LogP contribution in [0.5, 0.6) is 0 Å². The second kappa shape index (κ2) is 8.64. The number of hydrogen-bond acceptors (Lipinski definition) is 5. The number of carbonyl (C=O) groups excluding carboxylic acids is 1. The standard InChI is InChI=1S/C21H21ClN4O/c1-14-11-20(25-19-8-4-6-17(13-19)15(2)27)26-21(24-14)23-10-9-16-5-3-7-18(22)12-16/h3-8,11-13H,9-10H2,1-2H3,(H2,23,24,25,26). The van der Waals surface area contributed by atoms with Crippen LogP contribution >= 0.6 is 11.6 Å². The molecule has 2 aromatic carbocycles. The first-order valence-corrected chi connectivity index (χ1v) is 9.09. The molecule has 0 saturated carbocycles. The topological polar surface area (TPSA) is 66.9 Å². The van der Waals surface area contributed by atoms with Crippen LogP contribution in [0.25, 0.3) is 0 Å². The highest BCUT2D eigenvalue weighted by Crippen LogP contribution is 2.18. The average molecular weight is 381 g/mol. The summed E-state index contributed by atoms with van der Waals surface area (Å²) in [5.41, 5.74) is 3.47. The van der Waals surface area contributed by atoms with Gasteiger partial charge in [0, 0.05) is 34.6 Å². The first-order chi connectivity index (χ1) is 13.0. The third-order valence-corrected chi connectivity index (χ3v) is 4.22. The normalized spacial score (nSPS) is 10.5. The third kappa shape index (κ3) is 5.53. The van der Waals surface area contributed by atoms with Crippen molar-refractivity contribution in [1.29, 1.82) is 0 Å². The van der Waals surface area contributed by atoms with E-state index in [2.05, 4.69) is 20.6 Å². The lowest BCUT2D eigenvalue weighted by molar-refractivity contribution is 0.101. The van der Waals surface area contributed by atoms with Gasteiger partial charge in [-0.05, 0) is 50.1 Å². The zero-order valence-electron chi connectivity index (χ0n) is 15.3. The smallest absolute Gasteiger partial charge is 0.224 e. The summed E-state index contributed by atoms with van der Waals surface area (Å²) in [5, 5.41) is 7.22. The van der Waals surface area contributed by atoms with E-state index < -0.39 is 0 Å². The Hall–Kier alpha value is -2.92. The van der Waals surface area contributed by atoms with Gasteiger partial charge < -0.3 is 10.6 Å². The first kappa shape index (κ1) is 18.9. The van der Waals surface area contributed by atoms with Crippen LogP contribution in [-0.4, -0.2) is 22.3 Å². The molecule has 138 valence electrons. The van der Waals surface area contributed by atoms with E-state index in [9.17, 15) is 4.79 Å². The van der Waals surface area contributed by atoms with Gasteiger partial charge in [-0.15, -0.1) is 0 Å². The van der Waals surface area contributed by atoms with Crippen molar-refractivity contribution in [3.05, 3.63) is 76.4 Å². The number of benzene rings is 2. The van der Waals surface area contributed by atoms with Crippen LogP contribution in [-0.2, 0) is 6.42 Å². The van der Waals surface area contributed by atoms with Gasteiger partial charge >= 0.3 is 0 Å². The number of carbonyl (C=O) groups is 1. The summed E-state index contributed by atoms with van der Waals surface area (Å²) < 4.78 is 0. The zero-order valence-corrected chi connectivity index (χ0v) is 16.0. The molecule has 0 spiro atoms. The number of halogens is 1. The number of nitrogens with zero attached hydrogens (tertiary/aromatic N) is 2. The zero-order chi connectivity index (χ0) is 19.2. The highest BCUT2D eigenvalue weighted by atomic mass is 35.5. The van der Waals surface area contributed by atoms with Crippen molar-refractivity contribution in [3.8, 4) is 0 Å². The van der Waals surface area contributed by atoms with Crippen LogP contribution in [0.4, 0.5) is 17.5 Å². The number of nitrogens with one attached hydrogen (secondary N) is 2. The molecule has 5 nitrogen and oxygen atoms in total. The highest BCUT2D eigenvalue weighted by Gasteiger charge is 2.05. The van der Waals surface area contributed by atoms with E-state index in [-0.39, 0.29) is 5.78 Å². The minimum atomic E-state index is 0.0286. The van der Waals surface area contributed by atoms with Gasteiger partial charge in [0.15, 0.2) is 5.78 Å². The van der Waals surface area contributed by atoms with E-state index >= 15 is 0 Å². The molecule has 1 heterocycles. The predicted octanol–water partition coefficient (Wildman–Crippen LogP) is 5.04. The quantitative estimate of drug-likeness (QED) is 0.562. The molecular weight excluding hydrogens is 360 g/mol. The van der Waals surface area contributed by atoms with Gasteiger partial charge in [0.05, 0.1) is 0 Å². The molecule has 0 unspecified atom stereocenters. The van der Waals surface area contributed by atoms with E-state index in [1.54, 1.807) is 13.0 Å². The van der Waals surface area contributed by atoms with Crippen LogP contribution in [0.3, 0.4) is 0 Å². The van der Waals surface area contributed by atoms with Crippen molar-refractivity contribution in [2.75, 3.05) is 17.2 Å². The van der Waals surface area contributed by atoms with Gasteiger partial charge in [-0.1, -0.05) is 35.9 Å². The van der Waals surface area contributed by atoms with E-state index in [0.29, 0.717) is 23.9 Å². The molecule has 3 aromatic rings. The number of ketones is 1. The van der Waals surface area contributed by atoms with E-state index in [0.717, 1.165) is 28.4 Å². The number of aryl methyl sites for hydroxylation is 1. The SMILES string of the molecule is CC(=O)c1cccc(Nc2cc(C)nc(NCCc3cccc(Cl)c3)n2)c1. The van der Waals surface area contributed by atoms with Crippen LogP contribution in [0.2, 0.25) is 5.02 Å². The number of hydrogen-bond donors (Lipinski definition) is 2. The fraction of sp³-hybridized carbons (Fsp3) is 0.190. The fourth-order valence-corrected chi connectivity index (χ4v) is 2.90. The van der Waals surface area contributed by atoms with Crippen molar-refractivity contribution < 1.29 is 4.79 Å². The molecule has 27 heavy (non-hydrogen) atoms. The molecular formula is C21H21ClN4O. The minimum absolute atomic E-state index is 0.0286. The summed E-state index contributed by atoms with van der Waals surface area (Å²) in [6.07, 6.45) is 0.821. The molecule has 0 radical (unpaired) electrons. The van der Waals surface area contributed by atoms with Crippen molar-refractivity contribution in [2.24, 2.45) is 0 Å². The minimum Gasteiger partial charge on any atom is -0.354 e. The second-order valence-corrected chi connectivity index (χ2v) is 6.72. The number of rotatable bonds is 7. The molecule has 0 aliphatic heterocycles. The van der Waals surface area contributed by atoms with Crippen molar-refractivity contribution >= 4 is 34.8 Å². The Morgan fingerprint density at radius 3 is 2.67 bits per heavy atom. The van der Waals surface area contributed by atoms with Gasteiger partial charge in [-0.25, -0.2) is 4.98 Å². The molecule has 6 heteroatoms. The maximum Gasteiger partial charge on any atom is 0.224 e. The lowest BCUT2D eigenvalue weighted by Crippen LogP contribution is -2.09. The Bertz CT molecular complexity index is 958. The van der Waals surface area contributed by atoms with E-state index in [1.165, 1.54) is 0 Å². The molecule has 0 aliphatic rings. The summed E-state index contributed by atoms with van der Waals surface area (Å²) >= 11 is 6.02. The first-order valence-electron chi connectivity index (χ1n) is 8.71. The molecule has 2 N–H and O–H groups in total. The van der Waals surface area contributed by atoms with Crippen LogP contribution in [0.1, 0.15) is 28.5 Å². The molecule has 3 rings (SSSR count). The van der Waals surface area contributed by atoms with Crippen molar-refractivity contribution in [2.45, 2.75) is 20.3 Å². The van der Waals surface area contributed by atoms with Gasteiger partial charge in [0.1, 0.15) is 5.82 Å². The van der Waals surface area contributed by atoms with E-state index in [1.807, 2.05) is 55.5 Å². The number of aromatic nitrogens is 2. The Labute approximate surface area is 163 Å². The number of Topliss-reactive ketones (excluding diaryl/α,β-unsaturated/α-hetero) is 1. The summed E-state index contributed by atoms with van der Waals surface area (Å²) in [5.74, 6) is 1.26. The maximum atomic E-state index is 11.5. The summed E-state index contributed by atoms with van der Waals surface area (Å²) in [6.45, 7) is 4.17. The van der Waals surface area contributed by atoms with Gasteiger partial charge in [-0.3, -0.25) is 4.79 Å². The van der Waals surface area contributed by atoms with E-state index in [4.69, 9.17) is 11.6 Å². The molecule has 0 aliphatic carbocycles. The maximum absolute atomic E-state index is 11.5.